The Kier molecular flexibility index (Phi) is 3.30. The standard InChI is InChI=1S/C8H17NO2/c1-6-3-4-9-5-8(6)11-7(2)10/h6-10H,3-5H2,1-2H3/t6-,7?,8+/m1/s1. The van der Waals surface area contributed by atoms with Gasteiger partial charge in [0.15, 0.2) is 6.29 Å². The van der Waals surface area contributed by atoms with Gasteiger partial charge in [0.2, 0.25) is 0 Å². The molecule has 0 aromatic carbocycles. The number of aliphatic hydroxyl groups is 1. The molecule has 0 aromatic rings. The maximum atomic E-state index is 8.97. The molecule has 1 rings (SSSR count). The summed E-state index contributed by atoms with van der Waals surface area (Å²) in [5.74, 6) is 0.561. The Morgan fingerprint density at radius 3 is 2.91 bits per heavy atom. The van der Waals surface area contributed by atoms with E-state index in [1.54, 1.807) is 6.92 Å². The lowest BCUT2D eigenvalue weighted by Gasteiger charge is -2.30. The van der Waals surface area contributed by atoms with Crippen LogP contribution < -0.4 is 5.32 Å². The van der Waals surface area contributed by atoms with E-state index in [0.717, 1.165) is 19.5 Å². The molecule has 1 aliphatic heterocycles. The Morgan fingerprint density at radius 1 is 1.64 bits per heavy atom. The van der Waals surface area contributed by atoms with Crippen molar-refractivity contribution in [2.45, 2.75) is 32.7 Å². The van der Waals surface area contributed by atoms with Gasteiger partial charge in [-0.2, -0.15) is 0 Å². The van der Waals surface area contributed by atoms with E-state index in [9.17, 15) is 0 Å². The van der Waals surface area contributed by atoms with E-state index in [2.05, 4.69) is 12.2 Å². The van der Waals surface area contributed by atoms with E-state index < -0.39 is 6.29 Å². The molecule has 66 valence electrons. The summed E-state index contributed by atoms with van der Waals surface area (Å²) in [6.07, 6.45) is 0.684. The van der Waals surface area contributed by atoms with Crippen LogP contribution in [0.15, 0.2) is 0 Å². The monoisotopic (exact) mass is 159 g/mol. The van der Waals surface area contributed by atoms with Gasteiger partial charge in [0.1, 0.15) is 0 Å². The SMILES string of the molecule is CC(O)O[C@H]1CNCC[C@H]1C. The van der Waals surface area contributed by atoms with Gasteiger partial charge in [-0.05, 0) is 25.8 Å². The minimum absolute atomic E-state index is 0.184. The molecule has 1 fully saturated rings. The lowest BCUT2D eigenvalue weighted by molar-refractivity contribution is -0.141. The summed E-state index contributed by atoms with van der Waals surface area (Å²) in [7, 11) is 0. The van der Waals surface area contributed by atoms with E-state index >= 15 is 0 Å². The number of rotatable bonds is 2. The zero-order chi connectivity index (χ0) is 8.27. The van der Waals surface area contributed by atoms with Crippen LogP contribution in [0.25, 0.3) is 0 Å². The van der Waals surface area contributed by atoms with Gasteiger partial charge in [0.25, 0.3) is 0 Å². The Labute approximate surface area is 67.7 Å². The largest absolute Gasteiger partial charge is 0.368 e. The van der Waals surface area contributed by atoms with Gasteiger partial charge in [-0.25, -0.2) is 0 Å². The lowest BCUT2D eigenvalue weighted by atomic mass is 9.97. The maximum Gasteiger partial charge on any atom is 0.152 e. The summed E-state index contributed by atoms with van der Waals surface area (Å²) in [5.41, 5.74) is 0. The van der Waals surface area contributed by atoms with Crippen LogP contribution in [0.4, 0.5) is 0 Å². The van der Waals surface area contributed by atoms with Crippen LogP contribution in [-0.2, 0) is 4.74 Å². The van der Waals surface area contributed by atoms with Crippen LogP contribution in [0.3, 0.4) is 0 Å². The van der Waals surface area contributed by atoms with E-state index in [0.29, 0.717) is 5.92 Å². The number of aliphatic hydroxyl groups excluding tert-OH is 1. The molecular weight excluding hydrogens is 142 g/mol. The summed E-state index contributed by atoms with van der Waals surface area (Å²) < 4.78 is 5.30. The van der Waals surface area contributed by atoms with Gasteiger partial charge in [0, 0.05) is 6.54 Å². The number of hydrogen-bond acceptors (Lipinski definition) is 3. The van der Waals surface area contributed by atoms with Crippen molar-refractivity contribution in [3.05, 3.63) is 0 Å². The third-order valence-electron chi connectivity index (χ3n) is 2.13. The van der Waals surface area contributed by atoms with Crippen molar-refractivity contribution >= 4 is 0 Å². The third-order valence-corrected chi connectivity index (χ3v) is 2.13. The molecule has 0 bridgehead atoms. The van der Waals surface area contributed by atoms with Crippen LogP contribution in [-0.4, -0.2) is 30.6 Å². The topological polar surface area (TPSA) is 41.5 Å². The highest BCUT2D eigenvalue weighted by atomic mass is 16.6. The van der Waals surface area contributed by atoms with Gasteiger partial charge in [-0.15, -0.1) is 0 Å². The summed E-state index contributed by atoms with van der Waals surface area (Å²) in [4.78, 5) is 0. The molecule has 0 spiro atoms. The fraction of sp³-hybridized carbons (Fsp3) is 1.00. The minimum atomic E-state index is -0.637. The molecule has 1 aliphatic rings. The van der Waals surface area contributed by atoms with E-state index in [1.165, 1.54) is 0 Å². The van der Waals surface area contributed by atoms with Gasteiger partial charge in [-0.3, -0.25) is 0 Å². The van der Waals surface area contributed by atoms with Crippen molar-refractivity contribution in [3.63, 3.8) is 0 Å². The first kappa shape index (κ1) is 8.97. The quantitative estimate of drug-likeness (QED) is 0.571. The Hall–Kier alpha value is -0.120. The first-order valence-electron chi connectivity index (χ1n) is 4.24. The number of ether oxygens (including phenoxy) is 1. The molecule has 3 nitrogen and oxygen atoms in total. The maximum absolute atomic E-state index is 8.97. The fourth-order valence-corrected chi connectivity index (χ4v) is 1.40. The molecule has 3 heteroatoms. The summed E-state index contributed by atoms with van der Waals surface area (Å²) in [6.45, 7) is 5.75. The fourth-order valence-electron chi connectivity index (χ4n) is 1.40. The Bertz CT molecular complexity index is 117. The minimum Gasteiger partial charge on any atom is -0.368 e. The number of hydrogen-bond donors (Lipinski definition) is 2. The molecule has 1 heterocycles. The van der Waals surface area contributed by atoms with Crippen LogP contribution in [0.5, 0.6) is 0 Å². The highest BCUT2D eigenvalue weighted by Gasteiger charge is 2.22. The van der Waals surface area contributed by atoms with Crippen LogP contribution in [0.1, 0.15) is 20.3 Å². The van der Waals surface area contributed by atoms with Crippen molar-refractivity contribution in [2.24, 2.45) is 5.92 Å². The van der Waals surface area contributed by atoms with Gasteiger partial charge >= 0.3 is 0 Å². The second-order valence-electron chi connectivity index (χ2n) is 3.24. The van der Waals surface area contributed by atoms with E-state index in [-0.39, 0.29) is 6.10 Å². The number of piperidine rings is 1. The van der Waals surface area contributed by atoms with Crippen LogP contribution >= 0.6 is 0 Å². The predicted octanol–water partition coefficient (Wildman–Crippen LogP) is 0.339. The molecule has 1 unspecified atom stereocenters. The molecule has 0 aliphatic carbocycles. The van der Waals surface area contributed by atoms with Crippen molar-refractivity contribution in [1.82, 2.24) is 5.32 Å². The van der Waals surface area contributed by atoms with Gasteiger partial charge in [0.05, 0.1) is 6.10 Å². The predicted molar refractivity (Wildman–Crippen MR) is 43.2 cm³/mol. The van der Waals surface area contributed by atoms with Crippen LogP contribution in [0, 0.1) is 5.92 Å². The van der Waals surface area contributed by atoms with Crippen molar-refractivity contribution in [1.29, 1.82) is 0 Å². The van der Waals surface area contributed by atoms with Crippen molar-refractivity contribution in [2.75, 3.05) is 13.1 Å². The average molecular weight is 159 g/mol. The molecular formula is C8H17NO2. The van der Waals surface area contributed by atoms with Gasteiger partial charge in [-0.1, -0.05) is 6.92 Å². The summed E-state index contributed by atoms with van der Waals surface area (Å²) in [6, 6.07) is 0. The molecule has 0 aromatic heterocycles. The van der Waals surface area contributed by atoms with Crippen molar-refractivity contribution < 1.29 is 9.84 Å². The molecule has 0 radical (unpaired) electrons. The van der Waals surface area contributed by atoms with E-state index in [1.807, 2.05) is 0 Å². The second-order valence-corrected chi connectivity index (χ2v) is 3.24. The molecule has 3 atom stereocenters. The van der Waals surface area contributed by atoms with Crippen molar-refractivity contribution in [3.8, 4) is 0 Å². The highest BCUT2D eigenvalue weighted by Crippen LogP contribution is 2.15. The van der Waals surface area contributed by atoms with Gasteiger partial charge < -0.3 is 15.2 Å². The second kappa shape index (κ2) is 4.04. The first-order valence-corrected chi connectivity index (χ1v) is 4.24. The van der Waals surface area contributed by atoms with E-state index in [4.69, 9.17) is 9.84 Å². The lowest BCUT2D eigenvalue weighted by Crippen LogP contribution is -2.42. The summed E-state index contributed by atoms with van der Waals surface area (Å²) in [5, 5.41) is 12.2. The zero-order valence-corrected chi connectivity index (χ0v) is 7.21. The molecule has 2 N–H and O–H groups in total. The average Bonchev–Trinajstić information content (AvgIpc) is 1.93. The first-order chi connectivity index (χ1) is 5.20. The third kappa shape index (κ3) is 2.77. The smallest absolute Gasteiger partial charge is 0.152 e. The number of nitrogens with one attached hydrogen (secondary N) is 1. The Balaban J connectivity index is 2.29. The Morgan fingerprint density at radius 2 is 2.36 bits per heavy atom. The molecule has 11 heavy (non-hydrogen) atoms. The normalized spacial score (nSPS) is 35.2. The molecule has 1 saturated heterocycles. The molecule has 0 saturated carbocycles. The summed E-state index contributed by atoms with van der Waals surface area (Å²) >= 11 is 0. The zero-order valence-electron chi connectivity index (χ0n) is 7.21. The molecule has 0 amide bonds. The van der Waals surface area contributed by atoms with Crippen LogP contribution in [0.2, 0.25) is 0 Å². The highest BCUT2D eigenvalue weighted by molar-refractivity contribution is 4.75.